The molecular weight excluding hydrogens is 200 g/mol. The molecule has 1 N–H and O–H groups in total. The van der Waals surface area contributed by atoms with Crippen LogP contribution in [-0.2, 0) is 12.8 Å². The average Bonchev–Trinajstić information content (AvgIpc) is 2.97. The third-order valence-electron chi connectivity index (χ3n) is 3.53. The quantitative estimate of drug-likeness (QED) is 0.836. The molecule has 1 aliphatic carbocycles. The first kappa shape index (κ1) is 10.1. The molecule has 3 nitrogen and oxygen atoms in total. The molecule has 3 heteroatoms. The van der Waals surface area contributed by atoms with Crippen LogP contribution < -0.4 is 10.1 Å². The number of hydrogen-bond donors (Lipinski definition) is 1. The number of aromatic nitrogens is 1. The molecule has 3 rings (SSSR count). The van der Waals surface area contributed by atoms with Gasteiger partial charge in [-0.25, -0.2) is 4.98 Å². The molecule has 0 saturated carbocycles. The summed E-state index contributed by atoms with van der Waals surface area (Å²) in [6, 6.07) is 4.20. The van der Waals surface area contributed by atoms with Gasteiger partial charge >= 0.3 is 0 Å². The van der Waals surface area contributed by atoms with E-state index in [1.165, 1.54) is 30.5 Å². The molecule has 1 aromatic heterocycles. The fourth-order valence-corrected chi connectivity index (χ4v) is 2.54. The molecule has 0 bridgehead atoms. The summed E-state index contributed by atoms with van der Waals surface area (Å²) in [5.41, 5.74) is 2.66. The van der Waals surface area contributed by atoms with Gasteiger partial charge in [-0.2, -0.15) is 0 Å². The summed E-state index contributed by atoms with van der Waals surface area (Å²) in [4.78, 5) is 4.57. The minimum atomic E-state index is 0.662. The van der Waals surface area contributed by atoms with Crippen LogP contribution in [-0.4, -0.2) is 24.7 Å². The van der Waals surface area contributed by atoms with E-state index in [1.54, 1.807) is 0 Å². The van der Waals surface area contributed by atoms with Crippen LogP contribution in [0.3, 0.4) is 0 Å². The maximum atomic E-state index is 5.76. The van der Waals surface area contributed by atoms with Crippen LogP contribution in [0.2, 0.25) is 0 Å². The third-order valence-corrected chi connectivity index (χ3v) is 3.53. The van der Waals surface area contributed by atoms with Gasteiger partial charge in [0.25, 0.3) is 0 Å². The van der Waals surface area contributed by atoms with Crippen LogP contribution in [0.1, 0.15) is 24.1 Å². The third kappa shape index (κ3) is 2.05. The Balaban J connectivity index is 1.61. The molecule has 1 unspecified atom stereocenters. The number of nitrogens with one attached hydrogen (secondary N) is 1. The molecule has 0 spiro atoms. The van der Waals surface area contributed by atoms with Crippen molar-refractivity contribution in [2.75, 3.05) is 19.7 Å². The summed E-state index contributed by atoms with van der Waals surface area (Å²) in [5, 5.41) is 3.35. The molecule has 0 aromatic carbocycles. The van der Waals surface area contributed by atoms with Crippen molar-refractivity contribution in [3.63, 3.8) is 0 Å². The lowest BCUT2D eigenvalue weighted by molar-refractivity contribution is 0.250. The number of fused-ring (bicyclic) bond motifs is 1. The highest BCUT2D eigenvalue weighted by atomic mass is 16.5. The van der Waals surface area contributed by atoms with Crippen molar-refractivity contribution >= 4 is 0 Å². The smallest absolute Gasteiger partial charge is 0.213 e. The Hall–Kier alpha value is -1.09. The number of rotatable bonds is 3. The fourth-order valence-electron chi connectivity index (χ4n) is 2.54. The number of pyridine rings is 1. The lowest BCUT2D eigenvalue weighted by atomic mass is 10.1. The number of nitrogens with zero attached hydrogens (tertiary/aromatic N) is 1. The van der Waals surface area contributed by atoms with E-state index in [2.05, 4.69) is 16.4 Å². The predicted molar refractivity (Wildman–Crippen MR) is 62.7 cm³/mol. The van der Waals surface area contributed by atoms with Gasteiger partial charge in [0, 0.05) is 24.2 Å². The Morgan fingerprint density at radius 1 is 1.38 bits per heavy atom. The Kier molecular flexibility index (Phi) is 2.79. The molecule has 16 heavy (non-hydrogen) atoms. The molecular formula is C13H18N2O. The van der Waals surface area contributed by atoms with E-state index >= 15 is 0 Å². The summed E-state index contributed by atoms with van der Waals surface area (Å²) >= 11 is 0. The molecule has 1 saturated heterocycles. The maximum absolute atomic E-state index is 5.76. The van der Waals surface area contributed by atoms with Crippen molar-refractivity contribution in [3.05, 3.63) is 23.4 Å². The van der Waals surface area contributed by atoms with Gasteiger partial charge in [-0.05, 0) is 37.8 Å². The lowest BCUT2D eigenvalue weighted by Crippen LogP contribution is -2.16. The zero-order chi connectivity index (χ0) is 10.8. The second-order valence-electron chi connectivity index (χ2n) is 4.78. The van der Waals surface area contributed by atoms with Gasteiger partial charge < -0.3 is 10.1 Å². The zero-order valence-electron chi connectivity index (χ0n) is 9.54. The van der Waals surface area contributed by atoms with Gasteiger partial charge in [0.2, 0.25) is 5.88 Å². The van der Waals surface area contributed by atoms with Gasteiger partial charge in [0.05, 0.1) is 6.61 Å². The summed E-state index contributed by atoms with van der Waals surface area (Å²) < 4.78 is 5.76. The van der Waals surface area contributed by atoms with E-state index < -0.39 is 0 Å². The van der Waals surface area contributed by atoms with Crippen LogP contribution in [0, 0.1) is 5.92 Å². The van der Waals surface area contributed by atoms with E-state index in [1.807, 2.05) is 6.07 Å². The first-order valence-corrected chi connectivity index (χ1v) is 6.24. The minimum absolute atomic E-state index is 0.662. The number of ether oxygens (including phenoxy) is 1. The first-order valence-electron chi connectivity index (χ1n) is 6.24. The molecule has 1 atom stereocenters. The van der Waals surface area contributed by atoms with Crippen molar-refractivity contribution in [1.29, 1.82) is 0 Å². The summed E-state index contributed by atoms with van der Waals surface area (Å²) in [6.07, 6.45) is 4.79. The normalized spacial score (nSPS) is 23.4. The SMILES string of the molecule is c1cc2c(nc1OCC1CCNC1)CCC2. The minimum Gasteiger partial charge on any atom is -0.477 e. The number of hydrogen-bond acceptors (Lipinski definition) is 3. The standard InChI is InChI=1S/C13H18N2O/c1-2-11-4-5-13(15-12(11)3-1)16-9-10-6-7-14-8-10/h4-5,10,14H,1-3,6-9H2. The van der Waals surface area contributed by atoms with E-state index in [0.717, 1.165) is 32.0 Å². The van der Waals surface area contributed by atoms with Gasteiger partial charge in [-0.15, -0.1) is 0 Å². The molecule has 1 aromatic rings. The topological polar surface area (TPSA) is 34.1 Å². The molecule has 2 aliphatic rings. The number of aryl methyl sites for hydroxylation is 2. The molecule has 86 valence electrons. The summed E-state index contributed by atoms with van der Waals surface area (Å²) in [5.74, 6) is 1.47. The molecule has 2 heterocycles. The van der Waals surface area contributed by atoms with Crippen LogP contribution in [0.5, 0.6) is 5.88 Å². The van der Waals surface area contributed by atoms with Gasteiger partial charge in [-0.3, -0.25) is 0 Å². The van der Waals surface area contributed by atoms with Gasteiger partial charge in [-0.1, -0.05) is 6.07 Å². The van der Waals surface area contributed by atoms with E-state index in [4.69, 9.17) is 4.74 Å². The second-order valence-corrected chi connectivity index (χ2v) is 4.78. The monoisotopic (exact) mass is 218 g/mol. The van der Waals surface area contributed by atoms with E-state index in [-0.39, 0.29) is 0 Å². The first-order chi connectivity index (χ1) is 7.92. The van der Waals surface area contributed by atoms with Crippen LogP contribution in [0.25, 0.3) is 0 Å². The summed E-state index contributed by atoms with van der Waals surface area (Å²) in [6.45, 7) is 3.02. The fraction of sp³-hybridized carbons (Fsp3) is 0.615. The summed E-state index contributed by atoms with van der Waals surface area (Å²) in [7, 11) is 0. The highest BCUT2D eigenvalue weighted by Crippen LogP contribution is 2.22. The Bertz CT molecular complexity index is 372. The van der Waals surface area contributed by atoms with E-state index in [0.29, 0.717) is 5.92 Å². The van der Waals surface area contributed by atoms with Crippen LogP contribution in [0.4, 0.5) is 0 Å². The van der Waals surface area contributed by atoms with Crippen molar-refractivity contribution in [3.8, 4) is 5.88 Å². The average molecular weight is 218 g/mol. The van der Waals surface area contributed by atoms with Crippen molar-refractivity contribution in [2.24, 2.45) is 5.92 Å². The van der Waals surface area contributed by atoms with Crippen LogP contribution in [0.15, 0.2) is 12.1 Å². The second kappa shape index (κ2) is 4.42. The highest BCUT2D eigenvalue weighted by Gasteiger charge is 2.16. The lowest BCUT2D eigenvalue weighted by Gasteiger charge is -2.10. The van der Waals surface area contributed by atoms with Crippen molar-refractivity contribution < 1.29 is 4.74 Å². The molecule has 1 aliphatic heterocycles. The maximum Gasteiger partial charge on any atom is 0.213 e. The molecule has 0 radical (unpaired) electrons. The predicted octanol–water partition coefficient (Wildman–Crippen LogP) is 1.56. The zero-order valence-corrected chi connectivity index (χ0v) is 9.54. The highest BCUT2D eigenvalue weighted by molar-refractivity contribution is 5.29. The Labute approximate surface area is 96.2 Å². The van der Waals surface area contributed by atoms with Crippen molar-refractivity contribution in [2.45, 2.75) is 25.7 Å². The van der Waals surface area contributed by atoms with Gasteiger partial charge in [0.15, 0.2) is 0 Å². The van der Waals surface area contributed by atoms with E-state index in [9.17, 15) is 0 Å². The molecule has 1 fully saturated rings. The van der Waals surface area contributed by atoms with Crippen molar-refractivity contribution in [1.82, 2.24) is 10.3 Å². The van der Waals surface area contributed by atoms with Gasteiger partial charge in [0.1, 0.15) is 0 Å². The van der Waals surface area contributed by atoms with Crippen LogP contribution >= 0.6 is 0 Å². The Morgan fingerprint density at radius 3 is 3.25 bits per heavy atom. The Morgan fingerprint density at radius 2 is 2.38 bits per heavy atom. The largest absolute Gasteiger partial charge is 0.477 e. The molecule has 0 amide bonds.